The van der Waals surface area contributed by atoms with Crippen LogP contribution in [0.3, 0.4) is 0 Å². The minimum absolute atomic E-state index is 0.0386. The van der Waals surface area contributed by atoms with E-state index in [1.54, 1.807) is 11.8 Å². The van der Waals surface area contributed by atoms with Gasteiger partial charge in [-0.15, -0.1) is 0 Å². The molecule has 0 saturated heterocycles. The Morgan fingerprint density at radius 2 is 2.10 bits per heavy atom. The van der Waals surface area contributed by atoms with Gasteiger partial charge in [-0.05, 0) is 30.9 Å². The molecule has 0 aliphatic heterocycles. The van der Waals surface area contributed by atoms with Crippen LogP contribution in [0.5, 0.6) is 0 Å². The first-order chi connectivity index (χ1) is 9.25. The number of rotatable bonds is 5. The lowest BCUT2D eigenvalue weighted by Gasteiger charge is -2.12. The molecule has 0 saturated carbocycles. The maximum Gasteiger partial charge on any atom is 0.418 e. The molecule has 0 radical (unpaired) electrons. The molecule has 0 heterocycles. The van der Waals surface area contributed by atoms with Crippen molar-refractivity contribution in [2.75, 3.05) is 18.5 Å². The van der Waals surface area contributed by atoms with Gasteiger partial charge in [-0.3, -0.25) is 4.79 Å². The molecule has 1 atom stereocenters. The Hall–Kier alpha value is -1.37. The summed E-state index contributed by atoms with van der Waals surface area (Å²) >= 11 is 1.66. The normalized spacial score (nSPS) is 13.1. The molecule has 1 unspecified atom stereocenters. The number of anilines is 1. The summed E-state index contributed by atoms with van der Waals surface area (Å²) in [6, 6.07) is 3.17. The van der Waals surface area contributed by atoms with Crippen molar-refractivity contribution in [3.05, 3.63) is 29.3 Å². The van der Waals surface area contributed by atoms with Crippen molar-refractivity contribution >= 4 is 23.4 Å². The third kappa shape index (κ3) is 4.63. The number of thioether (sulfide) groups is 1. The predicted octanol–water partition coefficient (Wildman–Crippen LogP) is 3.16. The number of amides is 1. The molecule has 1 rings (SSSR count). The first-order valence-corrected chi connectivity index (χ1v) is 7.32. The molecule has 20 heavy (non-hydrogen) atoms. The summed E-state index contributed by atoms with van der Waals surface area (Å²) in [4.78, 5) is 11.8. The predicted molar refractivity (Wildman–Crippen MR) is 75.8 cm³/mol. The zero-order valence-corrected chi connectivity index (χ0v) is 12.1. The lowest BCUT2D eigenvalue weighted by molar-refractivity contribution is -0.136. The fraction of sp³-hybridized carbons (Fsp3) is 0.462. The Morgan fingerprint density at radius 3 is 2.65 bits per heavy atom. The zero-order valence-electron chi connectivity index (χ0n) is 11.3. The van der Waals surface area contributed by atoms with Crippen LogP contribution in [0.1, 0.15) is 29.3 Å². The van der Waals surface area contributed by atoms with Crippen LogP contribution < -0.4 is 11.1 Å². The molecule has 1 aromatic rings. The smallest absolute Gasteiger partial charge is 0.398 e. The van der Waals surface area contributed by atoms with Gasteiger partial charge in [0.05, 0.1) is 5.56 Å². The van der Waals surface area contributed by atoms with E-state index < -0.39 is 17.6 Å². The fourth-order valence-corrected chi connectivity index (χ4v) is 1.91. The lowest BCUT2D eigenvalue weighted by Crippen LogP contribution is -2.26. The highest BCUT2D eigenvalue weighted by atomic mass is 32.2. The number of benzene rings is 1. The van der Waals surface area contributed by atoms with Crippen molar-refractivity contribution in [1.29, 1.82) is 0 Å². The highest BCUT2D eigenvalue weighted by Crippen LogP contribution is 2.33. The van der Waals surface area contributed by atoms with Crippen molar-refractivity contribution < 1.29 is 18.0 Å². The van der Waals surface area contributed by atoms with Crippen LogP contribution in [0.4, 0.5) is 18.9 Å². The van der Waals surface area contributed by atoms with Crippen molar-refractivity contribution in [3.8, 4) is 0 Å². The maximum absolute atomic E-state index is 12.7. The van der Waals surface area contributed by atoms with Gasteiger partial charge in [0, 0.05) is 23.0 Å². The van der Waals surface area contributed by atoms with E-state index in [2.05, 4.69) is 5.32 Å². The van der Waals surface area contributed by atoms with Gasteiger partial charge < -0.3 is 11.1 Å². The van der Waals surface area contributed by atoms with Gasteiger partial charge in [0.1, 0.15) is 0 Å². The molecule has 0 spiro atoms. The Morgan fingerprint density at radius 1 is 1.45 bits per heavy atom. The minimum atomic E-state index is -4.56. The molecular formula is C13H17F3N2OS. The molecule has 0 bridgehead atoms. The molecule has 0 aliphatic rings. The number of hydrogen-bond acceptors (Lipinski definition) is 3. The van der Waals surface area contributed by atoms with Gasteiger partial charge in [-0.25, -0.2) is 0 Å². The number of hydrogen-bond donors (Lipinski definition) is 2. The van der Waals surface area contributed by atoms with E-state index in [4.69, 9.17) is 5.73 Å². The summed E-state index contributed by atoms with van der Waals surface area (Å²) in [5, 5.41) is 2.98. The SMILES string of the molecule is CSC(C)CCNC(=O)c1ccc(N)c(C(F)(F)F)c1. The highest BCUT2D eigenvalue weighted by Gasteiger charge is 2.33. The summed E-state index contributed by atoms with van der Waals surface area (Å²) in [7, 11) is 0. The van der Waals surface area contributed by atoms with Gasteiger partial charge in [-0.2, -0.15) is 24.9 Å². The first kappa shape index (κ1) is 16.7. The lowest BCUT2D eigenvalue weighted by atomic mass is 10.1. The van der Waals surface area contributed by atoms with Crippen LogP contribution in [-0.2, 0) is 6.18 Å². The van der Waals surface area contributed by atoms with Gasteiger partial charge in [0.25, 0.3) is 5.91 Å². The number of carbonyl (C=O) groups is 1. The van der Waals surface area contributed by atoms with Crippen LogP contribution in [0.15, 0.2) is 18.2 Å². The van der Waals surface area contributed by atoms with Crippen LogP contribution >= 0.6 is 11.8 Å². The van der Waals surface area contributed by atoms with E-state index in [9.17, 15) is 18.0 Å². The minimum Gasteiger partial charge on any atom is -0.398 e. The summed E-state index contributed by atoms with van der Waals surface area (Å²) < 4.78 is 38.0. The van der Waals surface area contributed by atoms with E-state index in [1.807, 2.05) is 13.2 Å². The number of alkyl halides is 3. The van der Waals surface area contributed by atoms with Crippen LogP contribution in [-0.4, -0.2) is 24.0 Å². The number of nitrogen functional groups attached to an aromatic ring is 1. The van der Waals surface area contributed by atoms with E-state index in [0.29, 0.717) is 11.8 Å². The van der Waals surface area contributed by atoms with Crippen LogP contribution in [0.25, 0.3) is 0 Å². The largest absolute Gasteiger partial charge is 0.418 e. The number of carbonyl (C=O) groups excluding carboxylic acids is 1. The molecule has 3 N–H and O–H groups in total. The number of halogens is 3. The summed E-state index contributed by atoms with van der Waals surface area (Å²) in [6.07, 6.45) is -1.84. The fourth-order valence-electron chi connectivity index (χ4n) is 1.55. The van der Waals surface area contributed by atoms with E-state index >= 15 is 0 Å². The molecule has 1 amide bonds. The Bertz CT molecular complexity index is 477. The molecule has 3 nitrogen and oxygen atoms in total. The van der Waals surface area contributed by atoms with Crippen molar-refractivity contribution in [1.82, 2.24) is 5.32 Å². The quantitative estimate of drug-likeness (QED) is 0.822. The van der Waals surface area contributed by atoms with Crippen molar-refractivity contribution in [3.63, 3.8) is 0 Å². The second-order valence-corrected chi connectivity index (χ2v) is 5.67. The monoisotopic (exact) mass is 306 g/mol. The van der Waals surface area contributed by atoms with Gasteiger partial charge in [0.15, 0.2) is 0 Å². The molecular weight excluding hydrogens is 289 g/mol. The van der Waals surface area contributed by atoms with Gasteiger partial charge >= 0.3 is 6.18 Å². The standard InChI is InChI=1S/C13H17F3N2OS/c1-8(20-2)5-6-18-12(19)9-3-4-11(17)10(7-9)13(14,15)16/h3-4,7-8H,5-6,17H2,1-2H3,(H,18,19). The van der Waals surface area contributed by atoms with Crippen molar-refractivity contribution in [2.45, 2.75) is 24.8 Å². The zero-order chi connectivity index (χ0) is 15.3. The second kappa shape index (κ2) is 6.88. The molecule has 7 heteroatoms. The molecule has 0 fully saturated rings. The Labute approximate surface area is 120 Å². The highest BCUT2D eigenvalue weighted by molar-refractivity contribution is 7.99. The Kier molecular flexibility index (Phi) is 5.74. The average molecular weight is 306 g/mol. The second-order valence-electron chi connectivity index (χ2n) is 4.39. The summed E-state index contributed by atoms with van der Waals surface area (Å²) in [6.45, 7) is 2.44. The molecule has 112 valence electrons. The van der Waals surface area contributed by atoms with E-state index in [0.717, 1.165) is 18.6 Å². The van der Waals surface area contributed by atoms with Crippen LogP contribution in [0.2, 0.25) is 0 Å². The third-order valence-corrected chi connectivity index (χ3v) is 3.90. The number of nitrogens with one attached hydrogen (secondary N) is 1. The van der Waals surface area contributed by atoms with Crippen molar-refractivity contribution in [2.24, 2.45) is 0 Å². The average Bonchev–Trinajstić information content (AvgIpc) is 2.37. The number of nitrogens with two attached hydrogens (primary N) is 1. The third-order valence-electron chi connectivity index (χ3n) is 2.86. The first-order valence-electron chi connectivity index (χ1n) is 6.03. The summed E-state index contributed by atoms with van der Waals surface area (Å²) in [5.41, 5.74) is 3.87. The van der Waals surface area contributed by atoms with Gasteiger partial charge in [0.2, 0.25) is 0 Å². The van der Waals surface area contributed by atoms with E-state index in [1.165, 1.54) is 6.07 Å². The van der Waals surface area contributed by atoms with Crippen LogP contribution in [0, 0.1) is 0 Å². The Balaban J connectivity index is 2.74. The summed E-state index contributed by atoms with van der Waals surface area (Å²) in [5.74, 6) is -0.524. The topological polar surface area (TPSA) is 55.1 Å². The maximum atomic E-state index is 12.7. The molecule has 1 aromatic carbocycles. The molecule has 0 aromatic heterocycles. The molecule has 0 aliphatic carbocycles. The van der Waals surface area contributed by atoms with E-state index in [-0.39, 0.29) is 11.3 Å². The van der Waals surface area contributed by atoms with Gasteiger partial charge in [-0.1, -0.05) is 6.92 Å².